The lowest BCUT2D eigenvalue weighted by Gasteiger charge is -2.13. The van der Waals surface area contributed by atoms with E-state index in [9.17, 15) is 4.79 Å². The minimum Gasteiger partial charge on any atom is -0.394 e. The number of aliphatic hydroxyl groups excluding tert-OH is 1. The summed E-state index contributed by atoms with van der Waals surface area (Å²) in [5.41, 5.74) is 1.55. The maximum absolute atomic E-state index is 12.2. The number of nitrogens with zero attached hydrogens (tertiary/aromatic N) is 1. The molecule has 0 amide bonds. The van der Waals surface area contributed by atoms with Crippen molar-refractivity contribution in [3.63, 3.8) is 0 Å². The molecule has 0 unspecified atom stereocenters. The van der Waals surface area contributed by atoms with Crippen LogP contribution in [0.4, 0.5) is 0 Å². The third kappa shape index (κ3) is 3.17. The molecule has 0 aromatic carbocycles. The monoisotopic (exact) mass is 233 g/mol. The van der Waals surface area contributed by atoms with Crippen LogP contribution in [-0.2, 0) is 0 Å². The maximum Gasteiger partial charge on any atom is 0.258 e. The van der Waals surface area contributed by atoms with Gasteiger partial charge in [0.2, 0.25) is 0 Å². The van der Waals surface area contributed by atoms with Crippen molar-refractivity contribution in [2.24, 2.45) is 0 Å². The summed E-state index contributed by atoms with van der Waals surface area (Å²) in [4.78, 5) is 12.2. The molecule has 3 heteroatoms. The summed E-state index contributed by atoms with van der Waals surface area (Å²) < 4.78 is 1.56. The number of aliphatic hydroxyl groups is 1. The molecule has 1 aromatic rings. The van der Waals surface area contributed by atoms with Gasteiger partial charge in [0.25, 0.3) is 5.56 Å². The van der Waals surface area contributed by atoms with Gasteiger partial charge in [-0.3, -0.25) is 4.79 Å². The van der Waals surface area contributed by atoms with Crippen molar-refractivity contribution in [1.82, 2.24) is 4.57 Å². The van der Waals surface area contributed by atoms with E-state index in [2.05, 4.69) is 0 Å². The van der Waals surface area contributed by atoms with Crippen molar-refractivity contribution in [2.45, 2.75) is 26.8 Å². The Hall–Kier alpha value is -1.61. The SMILES string of the molecule is C/C=C/C=C\c1c(C)ccn([C@@H](C)CO)c1=O. The van der Waals surface area contributed by atoms with E-state index in [1.165, 1.54) is 0 Å². The van der Waals surface area contributed by atoms with E-state index in [0.29, 0.717) is 5.56 Å². The summed E-state index contributed by atoms with van der Waals surface area (Å²) in [7, 11) is 0. The Morgan fingerprint density at radius 3 is 2.76 bits per heavy atom. The van der Waals surface area contributed by atoms with Crippen molar-refractivity contribution in [2.75, 3.05) is 6.61 Å². The molecule has 1 atom stereocenters. The second kappa shape index (κ2) is 6.21. The normalized spacial score (nSPS) is 13.6. The van der Waals surface area contributed by atoms with Crippen molar-refractivity contribution >= 4 is 6.08 Å². The zero-order valence-electron chi connectivity index (χ0n) is 10.6. The largest absolute Gasteiger partial charge is 0.394 e. The molecule has 1 N–H and O–H groups in total. The highest BCUT2D eigenvalue weighted by Gasteiger charge is 2.08. The lowest BCUT2D eigenvalue weighted by Crippen LogP contribution is -2.26. The van der Waals surface area contributed by atoms with Crippen molar-refractivity contribution in [3.8, 4) is 0 Å². The fraction of sp³-hybridized carbons (Fsp3) is 0.357. The fourth-order valence-electron chi connectivity index (χ4n) is 1.56. The molecular formula is C14H19NO2. The predicted molar refractivity (Wildman–Crippen MR) is 71.1 cm³/mol. The third-order valence-corrected chi connectivity index (χ3v) is 2.68. The molecule has 17 heavy (non-hydrogen) atoms. The smallest absolute Gasteiger partial charge is 0.258 e. The maximum atomic E-state index is 12.2. The highest BCUT2D eigenvalue weighted by Crippen LogP contribution is 2.08. The molecule has 0 saturated heterocycles. The van der Waals surface area contributed by atoms with E-state index in [0.717, 1.165) is 5.56 Å². The van der Waals surface area contributed by atoms with Crippen LogP contribution in [0, 0.1) is 6.92 Å². The highest BCUT2D eigenvalue weighted by molar-refractivity contribution is 5.53. The minimum absolute atomic E-state index is 0.0407. The molecule has 0 bridgehead atoms. The first kappa shape index (κ1) is 13.5. The van der Waals surface area contributed by atoms with Crippen molar-refractivity contribution < 1.29 is 5.11 Å². The van der Waals surface area contributed by atoms with Crippen LogP contribution in [0.3, 0.4) is 0 Å². The predicted octanol–water partition coefficient (Wildman–Crippen LogP) is 2.30. The number of rotatable bonds is 4. The summed E-state index contributed by atoms with van der Waals surface area (Å²) >= 11 is 0. The van der Waals surface area contributed by atoms with E-state index in [4.69, 9.17) is 5.11 Å². The van der Waals surface area contributed by atoms with Crippen molar-refractivity contribution in [3.05, 3.63) is 52.0 Å². The zero-order chi connectivity index (χ0) is 12.8. The highest BCUT2D eigenvalue weighted by atomic mass is 16.3. The van der Waals surface area contributed by atoms with Gasteiger partial charge in [-0.2, -0.15) is 0 Å². The Labute approximate surface area is 102 Å². The first-order valence-corrected chi connectivity index (χ1v) is 5.73. The molecule has 0 spiro atoms. The van der Waals surface area contributed by atoms with Gasteiger partial charge in [-0.1, -0.05) is 18.2 Å². The molecule has 0 aliphatic carbocycles. The Morgan fingerprint density at radius 2 is 2.18 bits per heavy atom. The molecular weight excluding hydrogens is 214 g/mol. The van der Waals surface area contributed by atoms with Gasteiger partial charge in [0.05, 0.1) is 12.6 Å². The van der Waals surface area contributed by atoms with Crippen LogP contribution in [0.25, 0.3) is 6.08 Å². The average molecular weight is 233 g/mol. The second-order valence-electron chi connectivity index (χ2n) is 4.04. The Bertz CT molecular complexity index is 483. The molecule has 1 rings (SSSR count). The van der Waals surface area contributed by atoms with Crippen LogP contribution in [-0.4, -0.2) is 16.3 Å². The summed E-state index contributed by atoms with van der Waals surface area (Å²) in [5.74, 6) is 0. The van der Waals surface area contributed by atoms with E-state index in [-0.39, 0.29) is 18.2 Å². The van der Waals surface area contributed by atoms with E-state index >= 15 is 0 Å². The molecule has 0 aliphatic rings. The zero-order valence-corrected chi connectivity index (χ0v) is 10.6. The molecule has 1 aromatic heterocycles. The molecule has 1 heterocycles. The molecule has 0 fully saturated rings. The molecule has 0 saturated carbocycles. The summed E-state index contributed by atoms with van der Waals surface area (Å²) in [6, 6.07) is 1.69. The Balaban J connectivity index is 3.25. The summed E-state index contributed by atoms with van der Waals surface area (Å²) in [6.07, 6.45) is 9.16. The van der Waals surface area contributed by atoms with Crippen LogP contribution in [0.15, 0.2) is 35.3 Å². The van der Waals surface area contributed by atoms with Gasteiger partial charge in [0.1, 0.15) is 0 Å². The van der Waals surface area contributed by atoms with Crippen molar-refractivity contribution in [1.29, 1.82) is 0 Å². The van der Waals surface area contributed by atoms with Crippen LogP contribution < -0.4 is 5.56 Å². The average Bonchev–Trinajstić information content (AvgIpc) is 2.32. The van der Waals surface area contributed by atoms with Gasteiger partial charge >= 0.3 is 0 Å². The fourth-order valence-corrected chi connectivity index (χ4v) is 1.56. The number of aromatic nitrogens is 1. The number of aryl methyl sites for hydroxylation is 1. The first-order chi connectivity index (χ1) is 8.11. The topological polar surface area (TPSA) is 42.2 Å². The van der Waals surface area contributed by atoms with E-state index < -0.39 is 0 Å². The molecule has 92 valence electrons. The lowest BCUT2D eigenvalue weighted by molar-refractivity contribution is 0.236. The number of hydrogen-bond donors (Lipinski definition) is 1. The minimum atomic E-state index is -0.197. The third-order valence-electron chi connectivity index (χ3n) is 2.68. The molecule has 3 nitrogen and oxygen atoms in total. The Morgan fingerprint density at radius 1 is 1.47 bits per heavy atom. The first-order valence-electron chi connectivity index (χ1n) is 5.73. The molecule has 0 aliphatic heterocycles. The summed E-state index contributed by atoms with van der Waals surface area (Å²) in [5, 5.41) is 9.10. The van der Waals surface area contributed by atoms with Gasteiger partial charge in [0.15, 0.2) is 0 Å². The van der Waals surface area contributed by atoms with Gasteiger partial charge in [0, 0.05) is 11.8 Å². The van der Waals surface area contributed by atoms with Crippen LogP contribution >= 0.6 is 0 Å². The molecule has 0 radical (unpaired) electrons. The standard InChI is InChI=1S/C14H19NO2/c1-4-5-6-7-13-11(2)8-9-15(14(13)17)12(3)10-16/h4-9,12,16H,10H2,1-3H3/b5-4+,7-6-/t12-/m0/s1. The van der Waals surface area contributed by atoms with E-state index in [1.807, 2.05) is 45.1 Å². The van der Waals surface area contributed by atoms with Gasteiger partial charge in [-0.15, -0.1) is 0 Å². The lowest BCUT2D eigenvalue weighted by atomic mass is 10.1. The van der Waals surface area contributed by atoms with Gasteiger partial charge < -0.3 is 9.67 Å². The van der Waals surface area contributed by atoms with Gasteiger partial charge in [-0.25, -0.2) is 0 Å². The number of pyridine rings is 1. The Kier molecular flexibility index (Phi) is 4.91. The summed E-state index contributed by atoms with van der Waals surface area (Å²) in [6.45, 7) is 5.61. The van der Waals surface area contributed by atoms with Crippen LogP contribution in [0.5, 0.6) is 0 Å². The number of allylic oxidation sites excluding steroid dienone is 3. The van der Waals surface area contributed by atoms with Crippen LogP contribution in [0.2, 0.25) is 0 Å². The number of hydrogen-bond acceptors (Lipinski definition) is 2. The van der Waals surface area contributed by atoms with E-state index in [1.54, 1.807) is 16.8 Å². The second-order valence-corrected chi connectivity index (χ2v) is 4.04. The van der Waals surface area contributed by atoms with Crippen LogP contribution in [0.1, 0.15) is 31.0 Å². The van der Waals surface area contributed by atoms with Gasteiger partial charge in [-0.05, 0) is 38.5 Å². The quantitative estimate of drug-likeness (QED) is 0.811.